The van der Waals surface area contributed by atoms with E-state index in [1.807, 2.05) is 44.2 Å². The molecule has 1 N–H and O–H groups in total. The molecule has 8 heteroatoms. The summed E-state index contributed by atoms with van der Waals surface area (Å²) >= 11 is 0. The third-order valence-electron chi connectivity index (χ3n) is 5.36. The van der Waals surface area contributed by atoms with Gasteiger partial charge in [-0.05, 0) is 51.1 Å². The van der Waals surface area contributed by atoms with Crippen LogP contribution in [-0.2, 0) is 9.53 Å². The lowest BCUT2D eigenvalue weighted by Crippen LogP contribution is -2.30. The van der Waals surface area contributed by atoms with Crippen LogP contribution in [0.15, 0.2) is 66.9 Å². The molecule has 0 aliphatic heterocycles. The molecule has 0 aliphatic rings. The predicted molar refractivity (Wildman–Crippen MR) is 130 cm³/mol. The summed E-state index contributed by atoms with van der Waals surface area (Å²) in [5.74, 6) is -0.384. The molecular weight excluding hydrogens is 432 g/mol. The average Bonchev–Trinajstić information content (AvgIpc) is 3.28. The molecule has 2 aromatic heterocycles. The monoisotopic (exact) mass is 458 g/mol. The number of methoxy groups -OCH3 is 1. The van der Waals surface area contributed by atoms with E-state index in [1.54, 1.807) is 48.3 Å². The van der Waals surface area contributed by atoms with E-state index < -0.39 is 18.0 Å². The van der Waals surface area contributed by atoms with Crippen LogP contribution >= 0.6 is 0 Å². The lowest BCUT2D eigenvalue weighted by Gasteiger charge is -2.15. The first-order chi connectivity index (χ1) is 16.4. The van der Waals surface area contributed by atoms with Gasteiger partial charge in [-0.25, -0.2) is 14.5 Å². The topological polar surface area (TPSA) is 95.3 Å². The SMILES string of the molecule is COc1ccc(NC(=O)C(C)OC(=O)c2cc(-c3ccccc3)nc3c2cnn3C(C)C)cc1. The summed E-state index contributed by atoms with van der Waals surface area (Å²) in [5, 5.41) is 7.73. The van der Waals surface area contributed by atoms with Crippen molar-refractivity contribution >= 4 is 28.6 Å². The van der Waals surface area contributed by atoms with E-state index in [0.717, 1.165) is 5.56 Å². The second-order valence-corrected chi connectivity index (χ2v) is 8.11. The number of esters is 1. The van der Waals surface area contributed by atoms with Crippen molar-refractivity contribution in [3.05, 3.63) is 72.4 Å². The van der Waals surface area contributed by atoms with Gasteiger partial charge in [0.15, 0.2) is 11.8 Å². The van der Waals surface area contributed by atoms with Crippen LogP contribution in [-0.4, -0.2) is 39.9 Å². The Morgan fingerprint density at radius 1 is 1.00 bits per heavy atom. The quantitative estimate of drug-likeness (QED) is 0.397. The van der Waals surface area contributed by atoms with Crippen molar-refractivity contribution in [2.75, 3.05) is 12.4 Å². The van der Waals surface area contributed by atoms with Gasteiger partial charge < -0.3 is 14.8 Å². The maximum absolute atomic E-state index is 13.2. The van der Waals surface area contributed by atoms with Crippen molar-refractivity contribution in [1.29, 1.82) is 0 Å². The normalized spacial score (nSPS) is 11.9. The highest BCUT2D eigenvalue weighted by atomic mass is 16.5. The van der Waals surface area contributed by atoms with Crippen LogP contribution in [0.1, 0.15) is 37.2 Å². The van der Waals surface area contributed by atoms with Crippen molar-refractivity contribution in [2.45, 2.75) is 32.9 Å². The Hall–Kier alpha value is -4.20. The number of anilines is 1. The summed E-state index contributed by atoms with van der Waals surface area (Å²) in [4.78, 5) is 30.6. The minimum atomic E-state index is -1.02. The van der Waals surface area contributed by atoms with Crippen LogP contribution in [0.4, 0.5) is 5.69 Å². The Morgan fingerprint density at radius 2 is 1.71 bits per heavy atom. The lowest BCUT2D eigenvalue weighted by atomic mass is 10.1. The molecule has 0 bridgehead atoms. The smallest absolute Gasteiger partial charge is 0.339 e. The van der Waals surface area contributed by atoms with Gasteiger partial charge >= 0.3 is 5.97 Å². The predicted octanol–water partition coefficient (Wildman–Crippen LogP) is 4.87. The number of carbonyl (C=O) groups excluding carboxylic acids is 2. The third kappa shape index (κ3) is 4.76. The van der Waals surface area contributed by atoms with Crippen LogP contribution in [0.3, 0.4) is 0 Å². The average molecular weight is 459 g/mol. The second-order valence-electron chi connectivity index (χ2n) is 8.11. The van der Waals surface area contributed by atoms with Crippen LogP contribution < -0.4 is 10.1 Å². The van der Waals surface area contributed by atoms with E-state index in [1.165, 1.54) is 6.92 Å². The van der Waals surface area contributed by atoms with Gasteiger partial charge in [0.25, 0.3) is 5.91 Å². The summed E-state index contributed by atoms with van der Waals surface area (Å²) in [6, 6.07) is 18.2. The lowest BCUT2D eigenvalue weighted by molar-refractivity contribution is -0.123. The minimum Gasteiger partial charge on any atom is -0.497 e. The van der Waals surface area contributed by atoms with Crippen molar-refractivity contribution in [3.63, 3.8) is 0 Å². The van der Waals surface area contributed by atoms with Gasteiger partial charge in [-0.15, -0.1) is 0 Å². The fourth-order valence-electron chi connectivity index (χ4n) is 3.52. The molecule has 1 unspecified atom stereocenters. The Morgan fingerprint density at radius 3 is 2.35 bits per heavy atom. The molecule has 0 aliphatic carbocycles. The van der Waals surface area contributed by atoms with Gasteiger partial charge in [-0.1, -0.05) is 30.3 Å². The summed E-state index contributed by atoms with van der Waals surface area (Å²) in [5.41, 5.74) is 2.95. The number of amides is 1. The fraction of sp³-hybridized carbons (Fsp3) is 0.231. The van der Waals surface area contributed by atoms with Crippen molar-refractivity contribution in [3.8, 4) is 17.0 Å². The molecule has 8 nitrogen and oxygen atoms in total. The summed E-state index contributed by atoms with van der Waals surface area (Å²) < 4.78 is 12.4. The number of aromatic nitrogens is 3. The van der Waals surface area contributed by atoms with Gasteiger partial charge in [0.2, 0.25) is 0 Å². The minimum absolute atomic E-state index is 0.0501. The van der Waals surface area contributed by atoms with Crippen molar-refractivity contribution in [2.24, 2.45) is 0 Å². The van der Waals surface area contributed by atoms with Crippen LogP contribution in [0.5, 0.6) is 5.75 Å². The number of hydrogen-bond donors (Lipinski definition) is 1. The molecule has 4 aromatic rings. The molecule has 4 rings (SSSR count). The van der Waals surface area contributed by atoms with E-state index >= 15 is 0 Å². The van der Waals surface area contributed by atoms with E-state index in [4.69, 9.17) is 14.5 Å². The Balaban J connectivity index is 1.61. The Kier molecular flexibility index (Phi) is 6.58. The summed E-state index contributed by atoms with van der Waals surface area (Å²) in [6.45, 7) is 5.52. The first-order valence-electron chi connectivity index (χ1n) is 11.0. The van der Waals surface area contributed by atoms with E-state index in [-0.39, 0.29) is 6.04 Å². The number of nitrogens with zero attached hydrogens (tertiary/aromatic N) is 3. The molecular formula is C26H26N4O4. The maximum Gasteiger partial charge on any atom is 0.339 e. The zero-order valence-corrected chi connectivity index (χ0v) is 19.5. The number of nitrogens with one attached hydrogen (secondary N) is 1. The van der Waals surface area contributed by atoms with Gasteiger partial charge in [-0.2, -0.15) is 5.10 Å². The number of ether oxygens (including phenoxy) is 2. The number of carbonyl (C=O) groups is 2. The molecule has 34 heavy (non-hydrogen) atoms. The first kappa shape index (κ1) is 23.0. The van der Waals surface area contributed by atoms with E-state index in [0.29, 0.717) is 33.7 Å². The number of fused-ring (bicyclic) bond motifs is 1. The Bertz CT molecular complexity index is 1310. The summed E-state index contributed by atoms with van der Waals surface area (Å²) in [6.07, 6.45) is 0.591. The third-order valence-corrected chi connectivity index (χ3v) is 5.36. The van der Waals surface area contributed by atoms with E-state index in [9.17, 15) is 9.59 Å². The van der Waals surface area contributed by atoms with Crippen molar-refractivity contribution < 1.29 is 19.1 Å². The molecule has 1 atom stereocenters. The van der Waals surface area contributed by atoms with Gasteiger partial charge in [0.05, 0.1) is 30.0 Å². The fourth-order valence-corrected chi connectivity index (χ4v) is 3.52. The molecule has 0 radical (unpaired) electrons. The van der Waals surface area contributed by atoms with Gasteiger partial charge in [-0.3, -0.25) is 4.79 Å². The number of pyridine rings is 1. The molecule has 2 heterocycles. The van der Waals surface area contributed by atoms with Crippen LogP contribution in [0.25, 0.3) is 22.3 Å². The zero-order chi connectivity index (χ0) is 24.2. The van der Waals surface area contributed by atoms with Crippen LogP contribution in [0, 0.1) is 0 Å². The van der Waals surface area contributed by atoms with Crippen LogP contribution in [0.2, 0.25) is 0 Å². The number of rotatable bonds is 7. The molecule has 0 saturated heterocycles. The molecule has 0 fully saturated rings. The molecule has 1 amide bonds. The van der Waals surface area contributed by atoms with E-state index in [2.05, 4.69) is 10.4 Å². The number of hydrogen-bond acceptors (Lipinski definition) is 6. The second kappa shape index (κ2) is 9.74. The largest absolute Gasteiger partial charge is 0.497 e. The Labute approximate surface area is 197 Å². The molecule has 2 aromatic carbocycles. The highest BCUT2D eigenvalue weighted by Gasteiger charge is 2.24. The first-order valence-corrected chi connectivity index (χ1v) is 11.0. The van der Waals surface area contributed by atoms with Crippen molar-refractivity contribution in [1.82, 2.24) is 14.8 Å². The van der Waals surface area contributed by atoms with Gasteiger partial charge in [0.1, 0.15) is 5.75 Å². The molecule has 0 saturated carbocycles. The molecule has 0 spiro atoms. The summed E-state index contributed by atoms with van der Waals surface area (Å²) in [7, 11) is 1.57. The number of benzene rings is 2. The standard InChI is InChI=1S/C26H26N4O4/c1-16(2)30-24-22(15-27-30)21(14-23(29-24)18-8-6-5-7-9-18)26(32)34-17(3)25(31)28-19-10-12-20(33-4)13-11-19/h5-17H,1-4H3,(H,28,31). The highest BCUT2D eigenvalue weighted by Crippen LogP contribution is 2.27. The molecule has 174 valence electrons. The maximum atomic E-state index is 13.2. The van der Waals surface area contributed by atoms with Gasteiger partial charge in [0, 0.05) is 17.3 Å². The zero-order valence-electron chi connectivity index (χ0n) is 19.5. The highest BCUT2D eigenvalue weighted by molar-refractivity contribution is 6.05.